The Kier molecular flexibility index (Phi) is 4.23. The van der Waals surface area contributed by atoms with Crippen molar-refractivity contribution in [1.82, 2.24) is 0 Å². The molecule has 4 heteroatoms. The summed E-state index contributed by atoms with van der Waals surface area (Å²) in [6.45, 7) is 4.40. The van der Waals surface area contributed by atoms with Crippen LogP contribution < -0.4 is 4.74 Å². The molecule has 1 aromatic heterocycles. The Morgan fingerprint density at radius 3 is 2.47 bits per heavy atom. The van der Waals surface area contributed by atoms with E-state index in [1.165, 1.54) is 0 Å². The van der Waals surface area contributed by atoms with E-state index in [9.17, 15) is 4.79 Å². The number of carbonyl (C=O) groups is 1. The molecule has 19 heavy (non-hydrogen) atoms. The van der Waals surface area contributed by atoms with Crippen molar-refractivity contribution in [3.05, 3.63) is 53.5 Å². The number of carbonyl (C=O) groups excluding carboxylic acids is 1. The van der Waals surface area contributed by atoms with Crippen molar-refractivity contribution in [1.29, 1.82) is 0 Å². The molecule has 0 radical (unpaired) electrons. The lowest BCUT2D eigenvalue weighted by Gasteiger charge is -2.05. The van der Waals surface area contributed by atoms with E-state index in [0.717, 1.165) is 11.5 Å². The average Bonchev–Trinajstić information content (AvgIpc) is 2.83. The maximum Gasteiger partial charge on any atom is 0.338 e. The van der Waals surface area contributed by atoms with E-state index in [1.807, 2.05) is 19.1 Å². The first-order chi connectivity index (χ1) is 9.19. The van der Waals surface area contributed by atoms with Crippen LogP contribution in [0.15, 0.2) is 40.8 Å². The molecule has 0 bridgehead atoms. The fraction of sp³-hybridized carbons (Fsp3) is 0.267. The average molecular weight is 260 g/mol. The van der Waals surface area contributed by atoms with Gasteiger partial charge in [0.1, 0.15) is 23.9 Å². The Hall–Kier alpha value is -2.23. The summed E-state index contributed by atoms with van der Waals surface area (Å²) in [5.41, 5.74) is 0.517. The lowest BCUT2D eigenvalue weighted by atomic mass is 10.2. The summed E-state index contributed by atoms with van der Waals surface area (Å²) in [7, 11) is 0. The number of hydrogen-bond acceptors (Lipinski definition) is 4. The lowest BCUT2D eigenvalue weighted by Crippen LogP contribution is -2.04. The van der Waals surface area contributed by atoms with Crippen LogP contribution in [-0.4, -0.2) is 12.6 Å². The van der Waals surface area contributed by atoms with Crippen LogP contribution in [0.3, 0.4) is 0 Å². The Morgan fingerprint density at radius 2 is 1.89 bits per heavy atom. The number of furan rings is 1. The van der Waals surface area contributed by atoms with Crippen LogP contribution in [-0.2, 0) is 11.3 Å². The van der Waals surface area contributed by atoms with Crippen molar-refractivity contribution in [2.24, 2.45) is 0 Å². The predicted molar refractivity (Wildman–Crippen MR) is 70.2 cm³/mol. The van der Waals surface area contributed by atoms with E-state index >= 15 is 0 Å². The summed E-state index contributed by atoms with van der Waals surface area (Å²) in [6.07, 6.45) is 0. The van der Waals surface area contributed by atoms with Crippen LogP contribution in [0.1, 0.15) is 28.8 Å². The molecule has 0 amide bonds. The van der Waals surface area contributed by atoms with Gasteiger partial charge >= 0.3 is 5.97 Å². The van der Waals surface area contributed by atoms with E-state index in [2.05, 4.69) is 0 Å². The van der Waals surface area contributed by atoms with Gasteiger partial charge in [-0.25, -0.2) is 4.79 Å². The van der Waals surface area contributed by atoms with Crippen LogP contribution in [0.25, 0.3) is 0 Å². The Labute approximate surface area is 111 Å². The number of aryl methyl sites for hydroxylation is 1. The van der Waals surface area contributed by atoms with Gasteiger partial charge in [-0.3, -0.25) is 0 Å². The molecule has 2 rings (SSSR count). The van der Waals surface area contributed by atoms with Crippen LogP contribution >= 0.6 is 0 Å². The second kappa shape index (κ2) is 6.09. The van der Waals surface area contributed by atoms with Gasteiger partial charge < -0.3 is 13.9 Å². The summed E-state index contributed by atoms with van der Waals surface area (Å²) >= 11 is 0. The van der Waals surface area contributed by atoms with Gasteiger partial charge in [0, 0.05) is 0 Å². The van der Waals surface area contributed by atoms with Crippen molar-refractivity contribution in [2.75, 3.05) is 6.61 Å². The number of esters is 1. The normalized spacial score (nSPS) is 10.2. The topological polar surface area (TPSA) is 48.7 Å². The fourth-order valence-corrected chi connectivity index (χ4v) is 1.62. The molecule has 0 N–H and O–H groups in total. The number of benzene rings is 1. The molecule has 1 aromatic carbocycles. The molecule has 2 aromatic rings. The Morgan fingerprint density at radius 1 is 1.16 bits per heavy atom. The summed E-state index contributed by atoms with van der Waals surface area (Å²) in [6, 6.07) is 10.6. The van der Waals surface area contributed by atoms with E-state index in [-0.39, 0.29) is 5.97 Å². The number of ether oxygens (including phenoxy) is 2. The molecular weight excluding hydrogens is 244 g/mol. The highest BCUT2D eigenvalue weighted by Gasteiger charge is 2.06. The minimum absolute atomic E-state index is 0.323. The molecule has 0 aliphatic carbocycles. The molecule has 0 unspecified atom stereocenters. The first-order valence-electron chi connectivity index (χ1n) is 6.14. The molecule has 100 valence electrons. The van der Waals surface area contributed by atoms with Gasteiger partial charge in [-0.1, -0.05) is 0 Å². The Bertz CT molecular complexity index is 540. The largest absolute Gasteiger partial charge is 0.486 e. The summed E-state index contributed by atoms with van der Waals surface area (Å²) in [4.78, 5) is 11.5. The van der Waals surface area contributed by atoms with Gasteiger partial charge in [-0.2, -0.15) is 0 Å². The van der Waals surface area contributed by atoms with E-state index < -0.39 is 0 Å². The molecule has 0 spiro atoms. The maximum atomic E-state index is 11.5. The van der Waals surface area contributed by atoms with Crippen molar-refractivity contribution >= 4 is 5.97 Å². The molecule has 0 saturated heterocycles. The summed E-state index contributed by atoms with van der Waals surface area (Å²) < 4.78 is 15.9. The van der Waals surface area contributed by atoms with Crippen LogP contribution in [0.2, 0.25) is 0 Å². The monoisotopic (exact) mass is 260 g/mol. The first-order valence-corrected chi connectivity index (χ1v) is 6.14. The zero-order valence-electron chi connectivity index (χ0n) is 11.0. The molecule has 0 aliphatic heterocycles. The van der Waals surface area contributed by atoms with Gasteiger partial charge in [0.25, 0.3) is 0 Å². The van der Waals surface area contributed by atoms with E-state index in [1.54, 1.807) is 31.2 Å². The first kappa shape index (κ1) is 13.2. The smallest absolute Gasteiger partial charge is 0.338 e. The van der Waals surface area contributed by atoms with Crippen molar-refractivity contribution in [3.8, 4) is 5.75 Å². The molecule has 0 saturated carbocycles. The summed E-state index contributed by atoms with van der Waals surface area (Å²) in [5, 5.41) is 0. The van der Waals surface area contributed by atoms with E-state index in [4.69, 9.17) is 13.9 Å². The van der Waals surface area contributed by atoms with Crippen molar-refractivity contribution in [2.45, 2.75) is 20.5 Å². The predicted octanol–water partition coefficient (Wildman–Crippen LogP) is 3.34. The molecule has 0 aliphatic rings. The van der Waals surface area contributed by atoms with E-state index in [0.29, 0.717) is 24.5 Å². The molecule has 0 fully saturated rings. The number of hydrogen-bond donors (Lipinski definition) is 0. The summed E-state index contributed by atoms with van der Waals surface area (Å²) in [5.74, 6) is 1.99. The SMILES string of the molecule is CCOC(=O)c1ccc(OCc2ccc(C)o2)cc1. The molecule has 1 heterocycles. The van der Waals surface area contributed by atoms with Gasteiger partial charge in [-0.15, -0.1) is 0 Å². The van der Waals surface area contributed by atoms with Gasteiger partial charge in [0.05, 0.1) is 12.2 Å². The van der Waals surface area contributed by atoms with Crippen LogP contribution in [0, 0.1) is 6.92 Å². The van der Waals surface area contributed by atoms with Crippen LogP contribution in [0.4, 0.5) is 0 Å². The zero-order valence-corrected chi connectivity index (χ0v) is 11.0. The highest BCUT2D eigenvalue weighted by atomic mass is 16.5. The van der Waals surface area contributed by atoms with Crippen molar-refractivity contribution < 1.29 is 18.7 Å². The third-order valence-corrected chi connectivity index (χ3v) is 2.54. The van der Waals surface area contributed by atoms with Gasteiger partial charge in [0.15, 0.2) is 0 Å². The standard InChI is InChI=1S/C15H16O4/c1-3-17-15(16)12-5-8-13(9-6-12)18-10-14-7-4-11(2)19-14/h4-9H,3,10H2,1-2H3. The minimum Gasteiger partial charge on any atom is -0.486 e. The third kappa shape index (κ3) is 3.61. The zero-order chi connectivity index (χ0) is 13.7. The fourth-order valence-electron chi connectivity index (χ4n) is 1.62. The second-order valence-electron chi connectivity index (χ2n) is 4.05. The van der Waals surface area contributed by atoms with Gasteiger partial charge in [0.2, 0.25) is 0 Å². The third-order valence-electron chi connectivity index (χ3n) is 2.54. The molecule has 0 atom stereocenters. The van der Waals surface area contributed by atoms with Crippen molar-refractivity contribution in [3.63, 3.8) is 0 Å². The maximum absolute atomic E-state index is 11.5. The highest BCUT2D eigenvalue weighted by molar-refractivity contribution is 5.89. The number of rotatable bonds is 5. The highest BCUT2D eigenvalue weighted by Crippen LogP contribution is 2.15. The second-order valence-corrected chi connectivity index (χ2v) is 4.05. The van der Waals surface area contributed by atoms with Crippen LogP contribution in [0.5, 0.6) is 5.75 Å². The minimum atomic E-state index is -0.323. The molecule has 4 nitrogen and oxygen atoms in total. The van der Waals surface area contributed by atoms with Gasteiger partial charge in [-0.05, 0) is 50.2 Å². The Balaban J connectivity index is 1.93. The molecular formula is C15H16O4. The quantitative estimate of drug-likeness (QED) is 0.773. The lowest BCUT2D eigenvalue weighted by molar-refractivity contribution is 0.0526.